The Morgan fingerprint density at radius 2 is 1.76 bits per heavy atom. The maximum Gasteiger partial charge on any atom is 0.253 e. The van der Waals surface area contributed by atoms with Crippen LogP contribution in [0, 0.1) is 6.92 Å². The molecule has 0 atom stereocenters. The van der Waals surface area contributed by atoms with Crippen molar-refractivity contribution in [3.8, 4) is 26.9 Å². The van der Waals surface area contributed by atoms with Crippen molar-refractivity contribution >= 4 is 23.2 Å². The quantitative estimate of drug-likeness (QED) is 0.217. The summed E-state index contributed by atoms with van der Waals surface area (Å²) in [6.45, 7) is 5.00. The molecule has 33 heavy (non-hydrogen) atoms. The molecule has 0 fully saturated rings. The van der Waals surface area contributed by atoms with Crippen LogP contribution in [0.25, 0.3) is 21.1 Å². The molecule has 1 aromatic carbocycles. The maximum atomic E-state index is 5.90. The van der Waals surface area contributed by atoms with Gasteiger partial charge in [0, 0.05) is 25.9 Å². The van der Waals surface area contributed by atoms with Crippen molar-refractivity contribution in [3.63, 3.8) is 0 Å². The normalized spacial score (nSPS) is 11.6. The van der Waals surface area contributed by atoms with Crippen molar-refractivity contribution in [1.29, 1.82) is 0 Å². The van der Waals surface area contributed by atoms with E-state index < -0.39 is 0 Å². The Hall–Kier alpha value is -3.00. The van der Waals surface area contributed by atoms with Crippen molar-refractivity contribution < 1.29 is 4.74 Å². The summed E-state index contributed by atoms with van der Waals surface area (Å²) in [5, 5.41) is 0.946. The SMILES string of the molecule is CCCCCCCCOc1ccc(-c2nc(C)c(-c3ccnc(/N=C(\N)N(C)C)n3)s2)cc1. The fourth-order valence-corrected chi connectivity index (χ4v) is 4.30. The van der Waals surface area contributed by atoms with Gasteiger partial charge >= 0.3 is 0 Å². The molecule has 3 aromatic rings. The van der Waals surface area contributed by atoms with Crippen LogP contribution in [-0.2, 0) is 0 Å². The smallest absolute Gasteiger partial charge is 0.253 e. The zero-order valence-corrected chi connectivity index (χ0v) is 20.9. The first-order valence-corrected chi connectivity index (χ1v) is 12.3. The molecule has 3 rings (SSSR count). The standard InChI is InChI=1S/C25H34N6OS/c1-5-6-7-8-9-10-17-32-20-13-11-19(12-14-20)23-28-18(2)22(33-23)21-15-16-27-25(29-21)30-24(26)31(3)4/h11-16H,5-10,17H2,1-4H3,(H2,26,27,29,30). The number of aliphatic imine (C=N–C) groups is 1. The fourth-order valence-electron chi connectivity index (χ4n) is 3.25. The number of ether oxygens (including phenoxy) is 1. The minimum atomic E-state index is 0.333. The fraction of sp³-hybridized carbons (Fsp3) is 0.440. The molecule has 0 aliphatic carbocycles. The van der Waals surface area contributed by atoms with E-state index in [0.717, 1.165) is 45.6 Å². The molecule has 7 nitrogen and oxygen atoms in total. The lowest BCUT2D eigenvalue weighted by Gasteiger charge is -2.09. The molecule has 0 bridgehead atoms. The van der Waals surface area contributed by atoms with E-state index in [1.807, 2.05) is 39.2 Å². The first-order valence-electron chi connectivity index (χ1n) is 11.5. The molecule has 0 amide bonds. The molecule has 0 saturated carbocycles. The summed E-state index contributed by atoms with van der Waals surface area (Å²) < 4.78 is 5.90. The molecule has 0 radical (unpaired) electrons. The van der Waals surface area contributed by atoms with Gasteiger partial charge in [-0.05, 0) is 43.7 Å². The third-order valence-electron chi connectivity index (χ3n) is 5.21. The number of unbranched alkanes of at least 4 members (excludes halogenated alkanes) is 5. The van der Waals surface area contributed by atoms with Gasteiger partial charge in [0.1, 0.15) is 10.8 Å². The number of aromatic nitrogens is 3. The van der Waals surface area contributed by atoms with Crippen LogP contribution in [0.5, 0.6) is 5.75 Å². The minimum absolute atomic E-state index is 0.333. The highest BCUT2D eigenvalue weighted by Crippen LogP contribution is 2.35. The molecule has 8 heteroatoms. The van der Waals surface area contributed by atoms with Gasteiger partial charge in [-0.25, -0.2) is 15.0 Å². The topological polar surface area (TPSA) is 89.5 Å². The zero-order valence-electron chi connectivity index (χ0n) is 20.0. The summed E-state index contributed by atoms with van der Waals surface area (Å²) in [5.41, 5.74) is 8.67. The van der Waals surface area contributed by atoms with Crippen LogP contribution in [0.2, 0.25) is 0 Å². The van der Waals surface area contributed by atoms with Crippen LogP contribution in [0.15, 0.2) is 41.5 Å². The van der Waals surface area contributed by atoms with E-state index in [9.17, 15) is 0 Å². The van der Waals surface area contributed by atoms with Gasteiger partial charge in [-0.1, -0.05) is 39.0 Å². The predicted molar refractivity (Wildman–Crippen MR) is 137 cm³/mol. The number of nitrogens with two attached hydrogens (primary N) is 1. The molecule has 2 heterocycles. The Kier molecular flexibility index (Phi) is 9.18. The van der Waals surface area contributed by atoms with E-state index in [1.54, 1.807) is 22.4 Å². The average molecular weight is 467 g/mol. The summed E-state index contributed by atoms with van der Waals surface area (Å²) >= 11 is 1.60. The molecule has 0 aliphatic heterocycles. The Balaban J connectivity index is 1.64. The molecule has 2 aromatic heterocycles. The second-order valence-electron chi connectivity index (χ2n) is 8.18. The van der Waals surface area contributed by atoms with Gasteiger partial charge in [-0.2, -0.15) is 4.99 Å². The van der Waals surface area contributed by atoms with E-state index in [2.05, 4.69) is 34.0 Å². The second kappa shape index (κ2) is 12.3. The van der Waals surface area contributed by atoms with E-state index >= 15 is 0 Å². The van der Waals surface area contributed by atoms with Crippen LogP contribution in [-0.4, -0.2) is 46.5 Å². The van der Waals surface area contributed by atoms with Gasteiger partial charge < -0.3 is 15.4 Å². The largest absolute Gasteiger partial charge is 0.494 e. The third kappa shape index (κ3) is 7.25. The molecule has 0 spiro atoms. The van der Waals surface area contributed by atoms with Crippen LogP contribution < -0.4 is 10.5 Å². The van der Waals surface area contributed by atoms with Crippen molar-refractivity contribution in [1.82, 2.24) is 19.9 Å². The van der Waals surface area contributed by atoms with Crippen molar-refractivity contribution in [2.45, 2.75) is 52.4 Å². The lowest BCUT2D eigenvalue weighted by atomic mass is 10.1. The summed E-state index contributed by atoms with van der Waals surface area (Å²) in [6.07, 6.45) is 9.27. The highest BCUT2D eigenvalue weighted by atomic mass is 32.1. The second-order valence-corrected chi connectivity index (χ2v) is 9.18. The van der Waals surface area contributed by atoms with Crippen molar-refractivity contribution in [2.75, 3.05) is 20.7 Å². The Morgan fingerprint density at radius 3 is 2.48 bits per heavy atom. The van der Waals surface area contributed by atoms with Crippen LogP contribution in [0.1, 0.15) is 51.1 Å². The molecule has 176 valence electrons. The molecular formula is C25H34N6OS. The Bertz CT molecular complexity index is 1050. The van der Waals surface area contributed by atoms with Crippen molar-refractivity contribution in [2.24, 2.45) is 10.7 Å². The van der Waals surface area contributed by atoms with Gasteiger partial charge in [0.25, 0.3) is 5.95 Å². The first-order chi connectivity index (χ1) is 16.0. The average Bonchev–Trinajstić information content (AvgIpc) is 3.20. The van der Waals surface area contributed by atoms with E-state index in [4.69, 9.17) is 15.5 Å². The van der Waals surface area contributed by atoms with Crippen LogP contribution in [0.4, 0.5) is 5.95 Å². The van der Waals surface area contributed by atoms with Crippen molar-refractivity contribution in [3.05, 3.63) is 42.2 Å². The van der Waals surface area contributed by atoms with E-state index in [-0.39, 0.29) is 0 Å². The minimum Gasteiger partial charge on any atom is -0.494 e. The third-order valence-corrected chi connectivity index (χ3v) is 6.44. The highest BCUT2D eigenvalue weighted by molar-refractivity contribution is 7.18. The molecule has 2 N–H and O–H groups in total. The van der Waals surface area contributed by atoms with Gasteiger partial charge in [-0.15, -0.1) is 11.3 Å². The van der Waals surface area contributed by atoms with Crippen LogP contribution >= 0.6 is 11.3 Å². The summed E-state index contributed by atoms with van der Waals surface area (Å²) in [7, 11) is 3.65. The first kappa shape index (κ1) is 24.6. The van der Waals surface area contributed by atoms with Gasteiger partial charge in [-0.3, -0.25) is 0 Å². The van der Waals surface area contributed by atoms with Gasteiger partial charge in [0.2, 0.25) is 0 Å². The maximum absolute atomic E-state index is 5.90. The molecular weight excluding hydrogens is 432 g/mol. The lowest BCUT2D eigenvalue weighted by molar-refractivity contribution is 0.304. The monoisotopic (exact) mass is 466 g/mol. The summed E-state index contributed by atoms with van der Waals surface area (Å²) in [4.78, 5) is 20.5. The molecule has 0 saturated heterocycles. The Morgan fingerprint density at radius 1 is 1.03 bits per heavy atom. The van der Waals surface area contributed by atoms with E-state index in [0.29, 0.717) is 11.9 Å². The summed E-state index contributed by atoms with van der Waals surface area (Å²) in [6, 6.07) is 10.0. The summed E-state index contributed by atoms with van der Waals surface area (Å²) in [5.74, 6) is 1.59. The van der Waals surface area contributed by atoms with E-state index in [1.165, 1.54) is 32.1 Å². The van der Waals surface area contributed by atoms with Gasteiger partial charge in [0.15, 0.2) is 5.96 Å². The lowest BCUT2D eigenvalue weighted by Crippen LogP contribution is -2.29. The number of benzene rings is 1. The molecule has 0 aliphatic rings. The number of guanidine groups is 1. The number of thiazole rings is 1. The van der Waals surface area contributed by atoms with Gasteiger partial charge in [0.05, 0.1) is 22.9 Å². The molecule has 0 unspecified atom stereocenters. The number of aryl methyl sites for hydroxylation is 1. The number of rotatable bonds is 11. The van der Waals surface area contributed by atoms with Crippen LogP contribution in [0.3, 0.4) is 0 Å². The number of hydrogen-bond acceptors (Lipinski definition) is 6. The highest BCUT2D eigenvalue weighted by Gasteiger charge is 2.13. The Labute approximate surface area is 200 Å². The zero-order chi connectivity index (χ0) is 23.6. The number of hydrogen-bond donors (Lipinski definition) is 1. The number of nitrogens with zero attached hydrogens (tertiary/aromatic N) is 5. The predicted octanol–water partition coefficient (Wildman–Crippen LogP) is 5.82.